The van der Waals surface area contributed by atoms with E-state index in [1.165, 1.54) is 9.40 Å². The van der Waals surface area contributed by atoms with Crippen LogP contribution in [0.3, 0.4) is 0 Å². The summed E-state index contributed by atoms with van der Waals surface area (Å²) < 4.78 is 2.45. The average Bonchev–Trinajstić information content (AvgIpc) is 2.53. The van der Waals surface area contributed by atoms with Crippen molar-refractivity contribution in [3.8, 4) is 0 Å². The molecule has 1 N–H and O–H groups in total. The van der Waals surface area contributed by atoms with Gasteiger partial charge < -0.3 is 10.2 Å². The number of nitrogens with zero attached hydrogens (tertiary/aromatic N) is 1. The summed E-state index contributed by atoms with van der Waals surface area (Å²) in [5, 5.41) is 3.20. The molecule has 2 aromatic rings. The van der Waals surface area contributed by atoms with Gasteiger partial charge in [-0.15, -0.1) is 0 Å². The minimum Gasteiger partial charge on any atom is -0.332 e. The first-order chi connectivity index (χ1) is 10.6. The minimum absolute atomic E-state index is 0.133. The molecule has 0 fully saturated rings. The van der Waals surface area contributed by atoms with Crippen LogP contribution < -0.4 is 5.32 Å². The molecule has 3 nitrogen and oxygen atoms in total. The highest BCUT2D eigenvalue weighted by Crippen LogP contribution is 2.31. The molecule has 1 aromatic carbocycles. The van der Waals surface area contributed by atoms with Crippen molar-refractivity contribution in [1.82, 2.24) is 10.2 Å². The number of hydrogen-bond acceptors (Lipinski definition) is 6. The first kappa shape index (κ1) is 17.9. The van der Waals surface area contributed by atoms with Crippen molar-refractivity contribution in [3.05, 3.63) is 23.8 Å². The predicted octanol–water partition coefficient (Wildman–Crippen LogP) is 5.06. The first-order valence-electron chi connectivity index (χ1n) is 7.37. The third-order valence-corrected chi connectivity index (χ3v) is 9.81. The smallest absolute Gasteiger partial charge is 0.254 e. The number of benzene rings is 1. The van der Waals surface area contributed by atoms with Crippen LogP contribution in [0.15, 0.2) is 18.2 Å². The van der Waals surface area contributed by atoms with E-state index in [-0.39, 0.29) is 18.0 Å². The van der Waals surface area contributed by atoms with Gasteiger partial charge in [-0.25, -0.2) is 0 Å². The van der Waals surface area contributed by atoms with Crippen LogP contribution in [0.1, 0.15) is 37.6 Å². The Kier molecular flexibility index (Phi) is 6.83. The minimum atomic E-state index is 0.133. The summed E-state index contributed by atoms with van der Waals surface area (Å²) >= 11 is 0. The summed E-state index contributed by atoms with van der Waals surface area (Å²) in [6.07, 6.45) is 0.951. The standard InChI is InChI=1S/C15H22N2OS4/c1-5-12(9-16-4)17(10(2)3)15(18)11-6-7-13-14(8-11)20-22-21-19-13/h6-8,10,12,16H,5,9H2,1-4H3. The van der Waals surface area contributed by atoms with Gasteiger partial charge in [0.2, 0.25) is 0 Å². The molecule has 0 radical (unpaired) electrons. The lowest BCUT2D eigenvalue weighted by atomic mass is 10.1. The summed E-state index contributed by atoms with van der Waals surface area (Å²) in [6.45, 7) is 7.14. The van der Waals surface area contributed by atoms with Crippen molar-refractivity contribution in [1.29, 1.82) is 0 Å². The molecule has 1 heterocycles. The fraction of sp³-hybridized carbons (Fsp3) is 0.533. The Morgan fingerprint density at radius 2 is 1.91 bits per heavy atom. The van der Waals surface area contributed by atoms with Crippen molar-refractivity contribution in [2.45, 2.75) is 39.3 Å². The molecular formula is C15H22N2OS4. The fourth-order valence-electron chi connectivity index (χ4n) is 2.52. The molecule has 22 heavy (non-hydrogen) atoms. The number of carbonyl (C=O) groups is 1. The van der Waals surface area contributed by atoms with E-state index >= 15 is 0 Å². The van der Waals surface area contributed by atoms with E-state index in [0.29, 0.717) is 0 Å². The number of carbonyl (C=O) groups excluding carboxylic acids is 1. The van der Waals surface area contributed by atoms with Crippen LogP contribution in [0.5, 0.6) is 0 Å². The number of amides is 1. The van der Waals surface area contributed by atoms with Gasteiger partial charge in [-0.2, -0.15) is 0 Å². The van der Waals surface area contributed by atoms with Gasteiger partial charge in [-0.1, -0.05) is 27.6 Å². The zero-order chi connectivity index (χ0) is 16.1. The summed E-state index contributed by atoms with van der Waals surface area (Å²) in [6, 6.07) is 6.50. The Morgan fingerprint density at radius 3 is 2.50 bits per heavy atom. The lowest BCUT2D eigenvalue weighted by Gasteiger charge is -2.34. The van der Waals surface area contributed by atoms with Gasteiger partial charge in [0.1, 0.15) is 0 Å². The van der Waals surface area contributed by atoms with Crippen molar-refractivity contribution >= 4 is 54.7 Å². The van der Waals surface area contributed by atoms with Crippen LogP contribution in [-0.2, 0) is 0 Å². The van der Waals surface area contributed by atoms with Gasteiger partial charge in [0, 0.05) is 24.2 Å². The zero-order valence-corrected chi connectivity index (χ0v) is 16.6. The van der Waals surface area contributed by atoms with E-state index in [1.807, 2.05) is 24.1 Å². The quantitative estimate of drug-likeness (QED) is 0.717. The summed E-state index contributed by atoms with van der Waals surface area (Å²) in [5.74, 6) is 0.133. The van der Waals surface area contributed by atoms with Gasteiger partial charge in [0.25, 0.3) is 5.91 Å². The maximum absolute atomic E-state index is 13.0. The van der Waals surface area contributed by atoms with E-state index in [1.54, 1.807) is 39.4 Å². The Hall–Kier alpha value is -0.470. The molecule has 0 aliphatic rings. The van der Waals surface area contributed by atoms with E-state index in [4.69, 9.17) is 0 Å². The third kappa shape index (κ3) is 4.08. The average molecular weight is 375 g/mol. The molecule has 1 amide bonds. The van der Waals surface area contributed by atoms with E-state index in [2.05, 4.69) is 32.2 Å². The third-order valence-electron chi connectivity index (χ3n) is 3.56. The molecule has 0 saturated carbocycles. The lowest BCUT2D eigenvalue weighted by Crippen LogP contribution is -2.48. The number of rotatable bonds is 6. The van der Waals surface area contributed by atoms with Gasteiger partial charge in [-0.3, -0.25) is 4.79 Å². The van der Waals surface area contributed by atoms with Gasteiger partial charge >= 0.3 is 0 Å². The molecular weight excluding hydrogens is 352 g/mol. The molecule has 1 unspecified atom stereocenters. The molecule has 0 spiro atoms. The van der Waals surface area contributed by atoms with E-state index in [9.17, 15) is 4.79 Å². The highest BCUT2D eigenvalue weighted by Gasteiger charge is 2.25. The summed E-state index contributed by atoms with van der Waals surface area (Å²) in [4.78, 5) is 15.0. The molecule has 1 aromatic heterocycles. The Balaban J connectivity index is 2.35. The Morgan fingerprint density at radius 1 is 1.23 bits per heavy atom. The molecule has 0 bridgehead atoms. The number of fused-ring (bicyclic) bond motifs is 1. The lowest BCUT2D eigenvalue weighted by molar-refractivity contribution is 0.0603. The summed E-state index contributed by atoms with van der Waals surface area (Å²) in [7, 11) is 8.97. The van der Waals surface area contributed by atoms with E-state index in [0.717, 1.165) is 18.5 Å². The van der Waals surface area contributed by atoms with Crippen LogP contribution in [0, 0.1) is 0 Å². The highest BCUT2D eigenvalue weighted by molar-refractivity contribution is 8.09. The van der Waals surface area contributed by atoms with Crippen molar-refractivity contribution in [3.63, 3.8) is 0 Å². The molecule has 0 aliphatic heterocycles. The second kappa shape index (κ2) is 8.40. The monoisotopic (exact) mass is 374 g/mol. The van der Waals surface area contributed by atoms with Crippen LogP contribution in [0.4, 0.5) is 0 Å². The molecule has 0 saturated heterocycles. The maximum Gasteiger partial charge on any atom is 0.254 e. The van der Waals surface area contributed by atoms with Crippen LogP contribution >= 0.6 is 39.4 Å². The predicted molar refractivity (Wildman–Crippen MR) is 102 cm³/mol. The van der Waals surface area contributed by atoms with Gasteiger partial charge in [-0.05, 0) is 64.2 Å². The van der Waals surface area contributed by atoms with Gasteiger partial charge in [0.15, 0.2) is 0 Å². The Bertz CT molecular complexity index is 650. The van der Waals surface area contributed by atoms with Crippen LogP contribution in [0.25, 0.3) is 9.40 Å². The van der Waals surface area contributed by atoms with E-state index < -0.39 is 0 Å². The van der Waals surface area contributed by atoms with Gasteiger partial charge in [0.05, 0.1) is 9.40 Å². The first-order valence-corrected chi connectivity index (χ1v) is 12.2. The SMILES string of the molecule is CCC(CNC)N(C(=O)c1ccc2ssssc2c1)C(C)C. The topological polar surface area (TPSA) is 32.3 Å². The van der Waals surface area contributed by atoms with Crippen LogP contribution in [0.2, 0.25) is 0 Å². The maximum atomic E-state index is 13.0. The highest BCUT2D eigenvalue weighted by atomic mass is 33.4. The van der Waals surface area contributed by atoms with Crippen LogP contribution in [-0.4, -0.2) is 36.5 Å². The second-order valence-corrected chi connectivity index (χ2v) is 11.1. The number of likely N-dealkylation sites (N-methyl/N-ethyl adjacent to an activating group) is 1. The molecule has 122 valence electrons. The number of hydrogen-bond donors (Lipinski definition) is 1. The summed E-state index contributed by atoms with van der Waals surface area (Å²) in [5.41, 5.74) is 0.794. The second-order valence-electron chi connectivity index (χ2n) is 5.39. The van der Waals surface area contributed by atoms with Crippen molar-refractivity contribution in [2.24, 2.45) is 0 Å². The molecule has 0 aliphatic carbocycles. The molecule has 1 atom stereocenters. The fourth-order valence-corrected chi connectivity index (χ4v) is 8.66. The normalized spacial score (nSPS) is 12.6. The number of nitrogens with one attached hydrogen (secondary N) is 1. The van der Waals surface area contributed by atoms with Crippen molar-refractivity contribution in [2.75, 3.05) is 13.6 Å². The van der Waals surface area contributed by atoms with Crippen molar-refractivity contribution < 1.29 is 4.79 Å². The Labute approximate surface area is 146 Å². The molecule has 7 heteroatoms. The molecule has 2 rings (SSSR count). The zero-order valence-electron chi connectivity index (χ0n) is 13.3. The largest absolute Gasteiger partial charge is 0.332 e.